The molecule has 3 heteroatoms. The molecular weight excluding hydrogens is 329 g/mol. The number of benzene rings is 2. The van der Waals surface area contributed by atoms with Gasteiger partial charge in [-0.25, -0.2) is 4.39 Å². The second-order valence-electron chi connectivity index (χ2n) is 5.78. The highest BCUT2D eigenvalue weighted by molar-refractivity contribution is 9.10. The molecule has 0 amide bonds. The fourth-order valence-corrected chi connectivity index (χ4v) is 3.73. The van der Waals surface area contributed by atoms with Crippen LogP contribution in [-0.4, -0.2) is 13.1 Å². The third-order valence-electron chi connectivity index (χ3n) is 4.46. The van der Waals surface area contributed by atoms with E-state index < -0.39 is 0 Å². The van der Waals surface area contributed by atoms with Gasteiger partial charge in [-0.1, -0.05) is 30.3 Å². The monoisotopic (exact) mass is 347 g/mol. The fourth-order valence-electron chi connectivity index (χ4n) is 3.30. The zero-order chi connectivity index (χ0) is 14.8. The number of fused-ring (bicyclic) bond motifs is 1. The average Bonchev–Trinajstić information content (AvgIpc) is 2.92. The van der Waals surface area contributed by atoms with E-state index in [0.29, 0.717) is 16.4 Å². The molecule has 1 aliphatic carbocycles. The highest BCUT2D eigenvalue weighted by Gasteiger charge is 2.27. The first-order chi connectivity index (χ1) is 10.2. The molecular formula is C18H19BrFN. The van der Waals surface area contributed by atoms with Crippen LogP contribution in [0.3, 0.4) is 0 Å². The predicted octanol–water partition coefficient (Wildman–Crippen LogP) is 4.13. The molecule has 0 saturated carbocycles. The maximum atomic E-state index is 13.3. The molecule has 1 unspecified atom stereocenters. The van der Waals surface area contributed by atoms with Crippen LogP contribution in [0, 0.1) is 11.7 Å². The van der Waals surface area contributed by atoms with Gasteiger partial charge in [-0.05, 0) is 77.0 Å². The lowest BCUT2D eigenvalue weighted by molar-refractivity contribution is 0.383. The normalized spacial score (nSPS) is 16.0. The highest BCUT2D eigenvalue weighted by Crippen LogP contribution is 2.30. The Morgan fingerprint density at radius 2 is 1.86 bits per heavy atom. The maximum Gasteiger partial charge on any atom is 0.137 e. The molecule has 1 nitrogen and oxygen atoms in total. The number of nitrogens with one attached hydrogen (secondary N) is 1. The molecule has 3 rings (SSSR count). The summed E-state index contributed by atoms with van der Waals surface area (Å²) < 4.78 is 13.9. The van der Waals surface area contributed by atoms with Crippen LogP contribution in [0.15, 0.2) is 46.9 Å². The summed E-state index contributed by atoms with van der Waals surface area (Å²) in [5, 5.41) is 3.45. The average molecular weight is 348 g/mol. The Hall–Kier alpha value is -1.19. The summed E-state index contributed by atoms with van der Waals surface area (Å²) in [6, 6.07) is 14.4. The van der Waals surface area contributed by atoms with Crippen molar-refractivity contribution in [2.75, 3.05) is 7.05 Å². The highest BCUT2D eigenvalue weighted by atomic mass is 79.9. The van der Waals surface area contributed by atoms with Crippen molar-refractivity contribution in [3.63, 3.8) is 0 Å². The van der Waals surface area contributed by atoms with Crippen molar-refractivity contribution in [1.29, 1.82) is 0 Å². The van der Waals surface area contributed by atoms with Gasteiger partial charge in [-0.3, -0.25) is 0 Å². The molecule has 0 heterocycles. The molecule has 0 radical (unpaired) electrons. The molecule has 2 aromatic rings. The molecule has 110 valence electrons. The fraction of sp³-hybridized carbons (Fsp3) is 0.333. The Morgan fingerprint density at radius 1 is 1.19 bits per heavy atom. The predicted molar refractivity (Wildman–Crippen MR) is 88.0 cm³/mol. The molecule has 1 atom stereocenters. The van der Waals surface area contributed by atoms with Gasteiger partial charge in [-0.2, -0.15) is 0 Å². The van der Waals surface area contributed by atoms with Gasteiger partial charge in [0, 0.05) is 6.04 Å². The number of halogens is 2. The quantitative estimate of drug-likeness (QED) is 0.876. The van der Waals surface area contributed by atoms with E-state index in [2.05, 4.69) is 45.5 Å². The van der Waals surface area contributed by atoms with E-state index in [9.17, 15) is 4.39 Å². The SMILES string of the molecule is CNC(Cc1ccc(F)c(Br)c1)C1Cc2ccccc2C1. The van der Waals surface area contributed by atoms with Crippen LogP contribution < -0.4 is 5.32 Å². The third-order valence-corrected chi connectivity index (χ3v) is 5.07. The van der Waals surface area contributed by atoms with E-state index in [4.69, 9.17) is 0 Å². The minimum atomic E-state index is -0.201. The molecule has 21 heavy (non-hydrogen) atoms. The molecule has 0 aliphatic heterocycles. The summed E-state index contributed by atoms with van der Waals surface area (Å²) in [5.74, 6) is 0.407. The second-order valence-corrected chi connectivity index (χ2v) is 6.64. The van der Waals surface area contributed by atoms with Gasteiger partial charge < -0.3 is 5.32 Å². The van der Waals surface area contributed by atoms with Crippen molar-refractivity contribution in [2.24, 2.45) is 5.92 Å². The van der Waals surface area contributed by atoms with Crippen LogP contribution in [0.2, 0.25) is 0 Å². The number of likely N-dealkylation sites (N-methyl/N-ethyl adjacent to an activating group) is 1. The van der Waals surface area contributed by atoms with E-state index >= 15 is 0 Å². The summed E-state index contributed by atoms with van der Waals surface area (Å²) in [5.41, 5.74) is 4.12. The van der Waals surface area contributed by atoms with Gasteiger partial charge in [0.25, 0.3) is 0 Å². The summed E-state index contributed by atoms with van der Waals surface area (Å²) in [6.45, 7) is 0. The van der Waals surface area contributed by atoms with Gasteiger partial charge in [0.2, 0.25) is 0 Å². The van der Waals surface area contributed by atoms with Crippen LogP contribution in [0.1, 0.15) is 16.7 Å². The Balaban J connectivity index is 1.73. The van der Waals surface area contributed by atoms with E-state index in [1.54, 1.807) is 0 Å². The Bertz CT molecular complexity index is 616. The lowest BCUT2D eigenvalue weighted by atomic mass is 9.91. The van der Waals surface area contributed by atoms with Gasteiger partial charge >= 0.3 is 0 Å². The van der Waals surface area contributed by atoms with Crippen LogP contribution >= 0.6 is 15.9 Å². The minimum absolute atomic E-state index is 0.201. The Morgan fingerprint density at radius 3 is 2.43 bits per heavy atom. The molecule has 0 saturated heterocycles. The topological polar surface area (TPSA) is 12.0 Å². The largest absolute Gasteiger partial charge is 0.316 e. The lowest BCUT2D eigenvalue weighted by Gasteiger charge is -2.23. The van der Waals surface area contributed by atoms with Gasteiger partial charge in [-0.15, -0.1) is 0 Å². The molecule has 0 fully saturated rings. The molecule has 0 aromatic heterocycles. The van der Waals surface area contributed by atoms with E-state index in [1.807, 2.05) is 19.2 Å². The van der Waals surface area contributed by atoms with E-state index in [0.717, 1.165) is 19.3 Å². The van der Waals surface area contributed by atoms with Crippen molar-refractivity contribution < 1.29 is 4.39 Å². The van der Waals surface area contributed by atoms with Crippen LogP contribution in [0.5, 0.6) is 0 Å². The van der Waals surface area contributed by atoms with Crippen molar-refractivity contribution in [3.8, 4) is 0 Å². The molecule has 0 spiro atoms. The zero-order valence-electron chi connectivity index (χ0n) is 12.1. The maximum absolute atomic E-state index is 13.3. The number of rotatable bonds is 4. The summed E-state index contributed by atoms with van der Waals surface area (Å²) in [6.07, 6.45) is 3.18. The van der Waals surface area contributed by atoms with Crippen LogP contribution in [0.25, 0.3) is 0 Å². The van der Waals surface area contributed by atoms with Crippen LogP contribution in [0.4, 0.5) is 4.39 Å². The summed E-state index contributed by atoms with van der Waals surface area (Å²) >= 11 is 3.27. The Labute approximate surface area is 133 Å². The van der Waals surface area contributed by atoms with Gasteiger partial charge in [0.05, 0.1) is 4.47 Å². The molecule has 2 aromatic carbocycles. The van der Waals surface area contributed by atoms with Crippen molar-refractivity contribution >= 4 is 15.9 Å². The standard InChI is InChI=1S/C18H19BrFN/c1-21-18(9-12-6-7-17(20)16(19)8-12)15-10-13-4-2-3-5-14(13)11-15/h2-8,15,18,21H,9-11H2,1H3. The lowest BCUT2D eigenvalue weighted by Crippen LogP contribution is -2.36. The number of hydrogen-bond acceptors (Lipinski definition) is 1. The number of hydrogen-bond donors (Lipinski definition) is 1. The summed E-state index contributed by atoms with van der Waals surface area (Å²) in [7, 11) is 2.02. The summed E-state index contributed by atoms with van der Waals surface area (Å²) in [4.78, 5) is 0. The van der Waals surface area contributed by atoms with Gasteiger partial charge in [0.1, 0.15) is 5.82 Å². The first-order valence-electron chi connectivity index (χ1n) is 7.35. The van der Waals surface area contributed by atoms with Crippen molar-refractivity contribution in [2.45, 2.75) is 25.3 Å². The van der Waals surface area contributed by atoms with Crippen LogP contribution in [-0.2, 0) is 19.3 Å². The molecule has 1 N–H and O–H groups in total. The van der Waals surface area contributed by atoms with Gasteiger partial charge in [0.15, 0.2) is 0 Å². The van der Waals surface area contributed by atoms with Crippen molar-refractivity contribution in [3.05, 3.63) is 69.4 Å². The Kier molecular flexibility index (Phi) is 4.41. The third kappa shape index (κ3) is 3.19. The van der Waals surface area contributed by atoms with Crippen molar-refractivity contribution in [1.82, 2.24) is 5.32 Å². The first kappa shape index (κ1) is 14.7. The van der Waals surface area contributed by atoms with E-state index in [-0.39, 0.29) is 5.82 Å². The molecule has 0 bridgehead atoms. The smallest absolute Gasteiger partial charge is 0.137 e. The second kappa shape index (κ2) is 6.29. The van der Waals surface area contributed by atoms with E-state index in [1.165, 1.54) is 22.8 Å². The molecule has 1 aliphatic rings. The first-order valence-corrected chi connectivity index (χ1v) is 8.14. The minimum Gasteiger partial charge on any atom is -0.316 e. The zero-order valence-corrected chi connectivity index (χ0v) is 13.7.